The highest BCUT2D eigenvalue weighted by Gasteiger charge is 2.47. The van der Waals surface area contributed by atoms with E-state index >= 15 is 0 Å². The molecule has 1 amide bonds. The predicted molar refractivity (Wildman–Crippen MR) is 89.9 cm³/mol. The number of benzene rings is 1. The molecule has 1 fully saturated rings. The third-order valence-corrected chi connectivity index (χ3v) is 4.61. The summed E-state index contributed by atoms with van der Waals surface area (Å²) >= 11 is 6.01. The van der Waals surface area contributed by atoms with Gasteiger partial charge in [0.05, 0.1) is 29.7 Å². The first kappa shape index (κ1) is 17.4. The van der Waals surface area contributed by atoms with Gasteiger partial charge in [-0.15, -0.1) is 0 Å². The van der Waals surface area contributed by atoms with Crippen molar-refractivity contribution in [2.45, 2.75) is 25.4 Å². The molecule has 1 N–H and O–H groups in total. The van der Waals surface area contributed by atoms with E-state index in [0.29, 0.717) is 22.7 Å². The van der Waals surface area contributed by atoms with E-state index in [1.807, 2.05) is 13.0 Å². The maximum atomic E-state index is 14.2. The van der Waals surface area contributed by atoms with Crippen LogP contribution in [0, 0.1) is 0 Å². The van der Waals surface area contributed by atoms with E-state index in [4.69, 9.17) is 16.7 Å². The van der Waals surface area contributed by atoms with Crippen LogP contribution in [-0.2, 0) is 11.2 Å². The first-order chi connectivity index (χ1) is 11.9. The molecule has 8 heteroatoms. The summed E-state index contributed by atoms with van der Waals surface area (Å²) in [5, 5.41) is 13.8. The Kier molecular flexibility index (Phi) is 4.51. The van der Waals surface area contributed by atoms with Gasteiger partial charge in [0.2, 0.25) is 5.67 Å². The minimum Gasteiger partial charge on any atom is -0.479 e. The van der Waals surface area contributed by atoms with Crippen LogP contribution in [0.15, 0.2) is 30.5 Å². The number of amides is 1. The van der Waals surface area contributed by atoms with Crippen molar-refractivity contribution in [3.05, 3.63) is 46.7 Å². The smallest absolute Gasteiger partial charge is 0.343 e. The molecule has 132 valence electrons. The van der Waals surface area contributed by atoms with E-state index in [-0.39, 0.29) is 13.0 Å². The summed E-state index contributed by atoms with van der Waals surface area (Å²) in [6.45, 7) is 1.50. The van der Waals surface area contributed by atoms with Crippen molar-refractivity contribution in [1.29, 1.82) is 0 Å². The summed E-state index contributed by atoms with van der Waals surface area (Å²) in [5.74, 6) is -1.95. The lowest BCUT2D eigenvalue weighted by molar-refractivity contribution is -0.149. The zero-order chi connectivity index (χ0) is 18.2. The summed E-state index contributed by atoms with van der Waals surface area (Å²) in [7, 11) is 0. The monoisotopic (exact) mass is 365 g/mol. The Hall–Kier alpha value is -2.41. The van der Waals surface area contributed by atoms with Crippen LogP contribution in [0.1, 0.15) is 29.4 Å². The molecular formula is C17H17ClFN3O3. The van der Waals surface area contributed by atoms with Crippen LogP contribution in [0.5, 0.6) is 0 Å². The number of likely N-dealkylation sites (tertiary alicyclic amines) is 1. The van der Waals surface area contributed by atoms with Gasteiger partial charge in [-0.25, -0.2) is 13.9 Å². The molecule has 2 aromatic rings. The van der Waals surface area contributed by atoms with Crippen molar-refractivity contribution in [2.75, 3.05) is 13.1 Å². The number of hydrogen-bond donors (Lipinski definition) is 1. The quantitative estimate of drug-likeness (QED) is 0.904. The van der Waals surface area contributed by atoms with Crippen molar-refractivity contribution in [1.82, 2.24) is 14.7 Å². The molecule has 0 bridgehead atoms. The van der Waals surface area contributed by atoms with E-state index in [9.17, 15) is 14.0 Å². The molecule has 1 saturated heterocycles. The Morgan fingerprint density at radius 1 is 1.44 bits per heavy atom. The van der Waals surface area contributed by atoms with Gasteiger partial charge in [0, 0.05) is 18.0 Å². The first-order valence-corrected chi connectivity index (χ1v) is 8.28. The number of alkyl halides is 1. The molecular weight excluding hydrogens is 349 g/mol. The minimum absolute atomic E-state index is 0.0626. The number of carbonyl (C=O) groups excluding carboxylic acids is 1. The Labute approximate surface area is 148 Å². The number of carboxylic acid groups (broad SMARTS) is 1. The molecule has 0 spiro atoms. The van der Waals surface area contributed by atoms with Crippen LogP contribution >= 0.6 is 11.6 Å². The molecule has 0 saturated carbocycles. The Morgan fingerprint density at radius 2 is 2.20 bits per heavy atom. The summed E-state index contributed by atoms with van der Waals surface area (Å²) in [4.78, 5) is 25.0. The topological polar surface area (TPSA) is 75.4 Å². The fourth-order valence-corrected chi connectivity index (χ4v) is 3.20. The molecule has 1 aromatic carbocycles. The van der Waals surface area contributed by atoms with Gasteiger partial charge in [-0.3, -0.25) is 4.79 Å². The van der Waals surface area contributed by atoms with Crippen LogP contribution in [-0.4, -0.2) is 50.4 Å². The normalized spacial score (nSPS) is 20.0. The van der Waals surface area contributed by atoms with Gasteiger partial charge in [0.15, 0.2) is 0 Å². The molecule has 1 unspecified atom stereocenters. The van der Waals surface area contributed by atoms with E-state index in [0.717, 1.165) is 5.69 Å². The third kappa shape index (κ3) is 3.11. The first-order valence-electron chi connectivity index (χ1n) is 7.90. The van der Waals surface area contributed by atoms with Gasteiger partial charge < -0.3 is 10.0 Å². The summed E-state index contributed by atoms with van der Waals surface area (Å²) < 4.78 is 15.8. The summed E-state index contributed by atoms with van der Waals surface area (Å²) in [5.41, 5.74) is -0.656. The highest BCUT2D eigenvalue weighted by atomic mass is 35.5. The van der Waals surface area contributed by atoms with Crippen molar-refractivity contribution >= 4 is 23.5 Å². The molecule has 1 aromatic heterocycles. The molecule has 1 atom stereocenters. The number of carboxylic acids is 1. The number of carbonyl (C=O) groups is 2. The minimum atomic E-state index is -2.38. The van der Waals surface area contributed by atoms with Crippen molar-refractivity contribution in [3.63, 3.8) is 0 Å². The van der Waals surface area contributed by atoms with Crippen molar-refractivity contribution < 1.29 is 19.1 Å². The zero-order valence-corrected chi connectivity index (χ0v) is 14.3. The molecule has 1 aliphatic heterocycles. The largest absolute Gasteiger partial charge is 0.479 e. The molecule has 1 aliphatic rings. The van der Waals surface area contributed by atoms with Crippen molar-refractivity contribution in [2.24, 2.45) is 0 Å². The number of rotatable bonds is 4. The lowest BCUT2D eigenvalue weighted by Gasteiger charge is -2.18. The fourth-order valence-electron chi connectivity index (χ4n) is 3.01. The Bertz CT molecular complexity index is 838. The van der Waals surface area contributed by atoms with E-state index in [1.54, 1.807) is 22.9 Å². The van der Waals surface area contributed by atoms with E-state index in [2.05, 4.69) is 5.10 Å². The van der Waals surface area contributed by atoms with Crippen LogP contribution < -0.4 is 0 Å². The fraction of sp³-hybridized carbons (Fsp3) is 0.353. The molecule has 0 radical (unpaired) electrons. The molecule has 3 rings (SSSR count). The van der Waals surface area contributed by atoms with E-state index < -0.39 is 24.1 Å². The van der Waals surface area contributed by atoms with Gasteiger partial charge in [-0.05, 0) is 24.6 Å². The second-order valence-electron chi connectivity index (χ2n) is 6.00. The lowest BCUT2D eigenvalue weighted by atomic mass is 10.1. The maximum Gasteiger partial charge on any atom is 0.343 e. The van der Waals surface area contributed by atoms with Gasteiger partial charge in [0.25, 0.3) is 5.91 Å². The molecule has 6 nitrogen and oxygen atoms in total. The van der Waals surface area contributed by atoms with Gasteiger partial charge in [0.1, 0.15) is 0 Å². The van der Waals surface area contributed by atoms with Crippen LogP contribution in [0.2, 0.25) is 5.02 Å². The maximum absolute atomic E-state index is 14.2. The SMILES string of the molecule is CCc1c(C(=O)N2CCC(F)(C(=O)O)C2)cnn1-c1cccc(Cl)c1. The highest BCUT2D eigenvalue weighted by molar-refractivity contribution is 6.30. The van der Waals surface area contributed by atoms with E-state index in [1.165, 1.54) is 11.1 Å². The van der Waals surface area contributed by atoms with Gasteiger partial charge >= 0.3 is 5.97 Å². The van der Waals surface area contributed by atoms with Gasteiger partial charge in [-0.2, -0.15) is 5.10 Å². The number of halogens is 2. The molecule has 0 aliphatic carbocycles. The average Bonchev–Trinajstić information content (AvgIpc) is 3.18. The van der Waals surface area contributed by atoms with Crippen LogP contribution in [0.4, 0.5) is 4.39 Å². The standard InChI is InChI=1S/C17H17ClFN3O3/c1-2-14-13(9-20-22(14)12-5-3-4-11(18)8-12)15(23)21-7-6-17(19,10-21)16(24)25/h3-5,8-9H,2,6-7,10H2,1H3,(H,24,25). The summed E-state index contributed by atoms with van der Waals surface area (Å²) in [6.07, 6.45) is 1.75. The third-order valence-electron chi connectivity index (χ3n) is 4.38. The lowest BCUT2D eigenvalue weighted by Crippen LogP contribution is -2.39. The van der Waals surface area contributed by atoms with Crippen molar-refractivity contribution in [3.8, 4) is 5.69 Å². The molecule has 25 heavy (non-hydrogen) atoms. The highest BCUT2D eigenvalue weighted by Crippen LogP contribution is 2.28. The number of nitrogens with zero attached hydrogens (tertiary/aromatic N) is 3. The second-order valence-corrected chi connectivity index (χ2v) is 6.43. The summed E-state index contributed by atoms with van der Waals surface area (Å²) in [6, 6.07) is 7.07. The average molecular weight is 366 g/mol. The Balaban J connectivity index is 1.91. The molecule has 2 heterocycles. The predicted octanol–water partition coefficient (Wildman–Crippen LogP) is 2.73. The van der Waals surface area contributed by atoms with Crippen LogP contribution in [0.25, 0.3) is 5.69 Å². The Morgan fingerprint density at radius 3 is 2.80 bits per heavy atom. The zero-order valence-electron chi connectivity index (χ0n) is 13.6. The number of aromatic nitrogens is 2. The van der Waals surface area contributed by atoms with Crippen LogP contribution in [0.3, 0.4) is 0 Å². The number of aliphatic carboxylic acids is 1. The second kappa shape index (κ2) is 6.48. The number of hydrogen-bond acceptors (Lipinski definition) is 3. The van der Waals surface area contributed by atoms with Gasteiger partial charge in [-0.1, -0.05) is 24.6 Å².